The van der Waals surface area contributed by atoms with Crippen molar-refractivity contribution in [3.8, 4) is 0 Å². The molecule has 1 aromatic heterocycles. The van der Waals surface area contributed by atoms with Crippen molar-refractivity contribution in [2.24, 2.45) is 7.05 Å². The Morgan fingerprint density at radius 1 is 1.16 bits per heavy atom. The van der Waals surface area contributed by atoms with Crippen molar-refractivity contribution in [2.75, 3.05) is 11.9 Å². The zero-order valence-electron chi connectivity index (χ0n) is 13.6. The van der Waals surface area contributed by atoms with E-state index in [1.54, 1.807) is 22.8 Å². The second-order valence-corrected chi connectivity index (χ2v) is 5.90. The summed E-state index contributed by atoms with van der Waals surface area (Å²) in [4.78, 5) is 28.3. The lowest BCUT2D eigenvalue weighted by molar-refractivity contribution is -0.116. The van der Waals surface area contributed by atoms with Crippen LogP contribution in [0.1, 0.15) is 16.8 Å². The van der Waals surface area contributed by atoms with Gasteiger partial charge in [-0.2, -0.15) is 0 Å². The lowest BCUT2D eigenvalue weighted by atomic mass is 10.2. The second kappa shape index (κ2) is 7.36. The molecule has 25 heavy (non-hydrogen) atoms. The van der Waals surface area contributed by atoms with Gasteiger partial charge in [0.15, 0.2) is 0 Å². The van der Waals surface area contributed by atoms with Crippen molar-refractivity contribution in [2.45, 2.75) is 6.42 Å². The first kappa shape index (κ1) is 17.0. The van der Waals surface area contributed by atoms with Gasteiger partial charge < -0.3 is 15.2 Å². The third kappa shape index (κ3) is 3.97. The van der Waals surface area contributed by atoms with Crippen LogP contribution >= 0.6 is 11.6 Å². The van der Waals surface area contributed by atoms with Crippen molar-refractivity contribution in [1.29, 1.82) is 0 Å². The summed E-state index contributed by atoms with van der Waals surface area (Å²) in [6.07, 6.45) is 0.193. The van der Waals surface area contributed by atoms with Crippen LogP contribution in [0.15, 0.2) is 48.5 Å². The fraction of sp³-hybridized carbons (Fsp3) is 0.167. The summed E-state index contributed by atoms with van der Waals surface area (Å²) in [5.41, 5.74) is 2.72. The molecule has 0 aliphatic carbocycles. The Balaban J connectivity index is 1.55. The van der Waals surface area contributed by atoms with E-state index in [0.717, 1.165) is 11.2 Å². The van der Waals surface area contributed by atoms with E-state index < -0.39 is 0 Å². The van der Waals surface area contributed by atoms with E-state index in [4.69, 9.17) is 11.6 Å². The molecule has 7 heteroatoms. The number of para-hydroxylation sites is 1. The standard InChI is InChI=1S/C18H17ClN4O2/c1-23-15-8-7-12(11-14(15)22-18(23)19)17(25)20-10-9-16(24)21-13-5-3-2-4-6-13/h2-8,11H,9-10H2,1H3,(H,20,25)(H,21,24). The summed E-state index contributed by atoms with van der Waals surface area (Å²) in [7, 11) is 1.81. The van der Waals surface area contributed by atoms with Gasteiger partial charge in [-0.3, -0.25) is 9.59 Å². The van der Waals surface area contributed by atoms with Gasteiger partial charge >= 0.3 is 0 Å². The van der Waals surface area contributed by atoms with Gasteiger partial charge in [-0.05, 0) is 41.9 Å². The molecule has 0 spiro atoms. The number of hydrogen-bond donors (Lipinski definition) is 2. The van der Waals surface area contributed by atoms with Crippen LogP contribution in [0.25, 0.3) is 11.0 Å². The molecule has 0 atom stereocenters. The molecule has 2 aromatic carbocycles. The number of benzene rings is 2. The quantitative estimate of drug-likeness (QED) is 0.737. The van der Waals surface area contributed by atoms with Gasteiger partial charge in [-0.25, -0.2) is 4.98 Å². The van der Waals surface area contributed by atoms with E-state index in [-0.39, 0.29) is 24.8 Å². The number of aryl methyl sites for hydroxylation is 1. The molecule has 0 aliphatic rings. The molecular weight excluding hydrogens is 340 g/mol. The van der Waals surface area contributed by atoms with E-state index in [9.17, 15) is 9.59 Å². The molecule has 0 fully saturated rings. The van der Waals surface area contributed by atoms with Crippen molar-refractivity contribution >= 4 is 40.1 Å². The fourth-order valence-electron chi connectivity index (χ4n) is 2.45. The number of nitrogens with one attached hydrogen (secondary N) is 2. The van der Waals surface area contributed by atoms with E-state index in [2.05, 4.69) is 15.6 Å². The maximum Gasteiger partial charge on any atom is 0.251 e. The maximum absolute atomic E-state index is 12.2. The first-order chi connectivity index (χ1) is 12.0. The highest BCUT2D eigenvalue weighted by Crippen LogP contribution is 2.19. The summed E-state index contributed by atoms with van der Waals surface area (Å²) >= 11 is 5.98. The van der Waals surface area contributed by atoms with E-state index in [1.807, 2.05) is 37.4 Å². The molecule has 3 rings (SSSR count). The summed E-state index contributed by atoms with van der Waals surface area (Å²) < 4.78 is 1.74. The highest BCUT2D eigenvalue weighted by atomic mass is 35.5. The molecule has 2 N–H and O–H groups in total. The predicted octanol–water partition coefficient (Wildman–Crippen LogP) is 2.99. The number of anilines is 1. The normalized spacial score (nSPS) is 10.6. The predicted molar refractivity (Wildman–Crippen MR) is 97.7 cm³/mol. The minimum absolute atomic E-state index is 0.154. The summed E-state index contributed by atoms with van der Waals surface area (Å²) in [6, 6.07) is 14.4. The molecule has 0 radical (unpaired) electrons. The van der Waals surface area contributed by atoms with Gasteiger partial charge in [-0.1, -0.05) is 18.2 Å². The van der Waals surface area contributed by atoms with Crippen molar-refractivity contribution in [3.63, 3.8) is 0 Å². The smallest absolute Gasteiger partial charge is 0.251 e. The van der Waals surface area contributed by atoms with Gasteiger partial charge in [0.05, 0.1) is 11.0 Å². The molecule has 1 heterocycles. The van der Waals surface area contributed by atoms with Gasteiger partial charge in [-0.15, -0.1) is 0 Å². The molecular formula is C18H17ClN4O2. The molecule has 0 bridgehead atoms. The summed E-state index contributed by atoms with van der Waals surface area (Å²) in [5.74, 6) is -0.408. The Bertz CT molecular complexity index is 921. The van der Waals surface area contributed by atoms with Gasteiger partial charge in [0.25, 0.3) is 5.91 Å². The third-order valence-electron chi connectivity index (χ3n) is 3.78. The van der Waals surface area contributed by atoms with Crippen LogP contribution in [-0.4, -0.2) is 27.9 Å². The van der Waals surface area contributed by atoms with Crippen LogP contribution < -0.4 is 10.6 Å². The highest BCUT2D eigenvalue weighted by Gasteiger charge is 2.11. The number of carbonyl (C=O) groups excluding carboxylic acids is 2. The molecule has 0 unspecified atom stereocenters. The molecule has 0 saturated heterocycles. The Morgan fingerprint density at radius 2 is 1.92 bits per heavy atom. The Labute approximate surface area is 149 Å². The minimum atomic E-state index is -0.254. The van der Waals surface area contributed by atoms with Crippen LogP contribution in [0.2, 0.25) is 5.28 Å². The number of imidazole rings is 1. The van der Waals surface area contributed by atoms with Crippen LogP contribution in [0.3, 0.4) is 0 Å². The largest absolute Gasteiger partial charge is 0.352 e. The van der Waals surface area contributed by atoms with Crippen molar-refractivity contribution in [1.82, 2.24) is 14.9 Å². The van der Waals surface area contributed by atoms with Crippen LogP contribution in [0.5, 0.6) is 0 Å². The van der Waals surface area contributed by atoms with Gasteiger partial charge in [0.1, 0.15) is 0 Å². The van der Waals surface area contributed by atoms with Crippen molar-refractivity contribution < 1.29 is 9.59 Å². The topological polar surface area (TPSA) is 76.0 Å². The number of fused-ring (bicyclic) bond motifs is 1. The first-order valence-corrected chi connectivity index (χ1v) is 8.17. The van der Waals surface area contributed by atoms with E-state index in [1.165, 1.54) is 0 Å². The Kier molecular flexibility index (Phi) is 5.00. The van der Waals surface area contributed by atoms with Gasteiger partial charge in [0.2, 0.25) is 11.2 Å². The average Bonchev–Trinajstić information content (AvgIpc) is 2.89. The van der Waals surface area contributed by atoms with E-state index in [0.29, 0.717) is 16.4 Å². The van der Waals surface area contributed by atoms with Crippen LogP contribution in [0, 0.1) is 0 Å². The second-order valence-electron chi connectivity index (χ2n) is 5.56. The molecule has 6 nitrogen and oxygen atoms in total. The summed E-state index contributed by atoms with van der Waals surface area (Å²) in [6.45, 7) is 0.249. The lowest BCUT2D eigenvalue weighted by Crippen LogP contribution is -2.27. The molecule has 0 saturated carbocycles. The maximum atomic E-state index is 12.2. The first-order valence-electron chi connectivity index (χ1n) is 7.79. The van der Waals surface area contributed by atoms with Crippen LogP contribution in [0.4, 0.5) is 5.69 Å². The Morgan fingerprint density at radius 3 is 2.68 bits per heavy atom. The van der Waals surface area contributed by atoms with Gasteiger partial charge in [0, 0.05) is 31.3 Å². The lowest BCUT2D eigenvalue weighted by Gasteiger charge is -2.07. The summed E-state index contributed by atoms with van der Waals surface area (Å²) in [5, 5.41) is 5.87. The zero-order chi connectivity index (χ0) is 17.8. The minimum Gasteiger partial charge on any atom is -0.352 e. The average molecular weight is 357 g/mol. The molecule has 3 aromatic rings. The number of hydrogen-bond acceptors (Lipinski definition) is 3. The molecule has 0 aliphatic heterocycles. The highest BCUT2D eigenvalue weighted by molar-refractivity contribution is 6.29. The number of carbonyl (C=O) groups is 2. The Hall–Kier alpha value is -2.86. The molecule has 2 amide bonds. The zero-order valence-corrected chi connectivity index (χ0v) is 14.4. The van der Waals surface area contributed by atoms with Crippen LogP contribution in [-0.2, 0) is 11.8 Å². The number of rotatable bonds is 5. The number of amides is 2. The fourth-order valence-corrected chi connectivity index (χ4v) is 2.63. The number of halogens is 1. The monoisotopic (exact) mass is 356 g/mol. The molecule has 128 valence electrons. The van der Waals surface area contributed by atoms with Crippen molar-refractivity contribution in [3.05, 3.63) is 59.4 Å². The SMILES string of the molecule is Cn1c(Cl)nc2cc(C(=O)NCCC(=O)Nc3ccccc3)ccc21. The van der Waals surface area contributed by atoms with E-state index >= 15 is 0 Å². The third-order valence-corrected chi connectivity index (χ3v) is 4.12. The number of nitrogens with zero attached hydrogens (tertiary/aromatic N) is 2. The number of aromatic nitrogens is 2.